The molecule has 1 N–H and O–H groups in total. The minimum Gasteiger partial charge on any atom is -0.392 e. The van der Waals surface area contributed by atoms with Crippen molar-refractivity contribution >= 4 is 5.69 Å². The summed E-state index contributed by atoms with van der Waals surface area (Å²) in [4.78, 5) is 2.47. The van der Waals surface area contributed by atoms with Gasteiger partial charge < -0.3 is 10.0 Å². The SMILES string of the molecule is Cc1ccc(N2CCCC(C(C)(C)C)CC2)c(CO)c1. The standard InChI is InChI=1S/C18H29NO/c1-14-7-8-17(15(12-14)13-20)19-10-5-6-16(9-11-19)18(2,3)4/h7-8,12,16,20H,5-6,9-11,13H2,1-4H3. The van der Waals surface area contributed by atoms with Gasteiger partial charge in [-0.1, -0.05) is 38.5 Å². The van der Waals surface area contributed by atoms with Gasteiger partial charge in [0.1, 0.15) is 0 Å². The van der Waals surface area contributed by atoms with Crippen molar-refractivity contribution in [2.24, 2.45) is 11.3 Å². The summed E-state index contributed by atoms with van der Waals surface area (Å²) in [5.41, 5.74) is 3.93. The van der Waals surface area contributed by atoms with Gasteiger partial charge in [0.25, 0.3) is 0 Å². The van der Waals surface area contributed by atoms with Gasteiger partial charge in [-0.25, -0.2) is 0 Å². The number of aliphatic hydroxyl groups excluding tert-OH is 1. The van der Waals surface area contributed by atoms with Crippen molar-refractivity contribution in [1.29, 1.82) is 0 Å². The normalized spacial score (nSPS) is 20.9. The number of benzene rings is 1. The molecular weight excluding hydrogens is 246 g/mol. The number of aliphatic hydroxyl groups is 1. The quantitative estimate of drug-likeness (QED) is 0.877. The first-order chi connectivity index (χ1) is 9.41. The molecule has 1 unspecified atom stereocenters. The monoisotopic (exact) mass is 275 g/mol. The van der Waals surface area contributed by atoms with Gasteiger partial charge in [-0.3, -0.25) is 0 Å². The number of hydrogen-bond donors (Lipinski definition) is 1. The molecule has 0 amide bonds. The Balaban J connectivity index is 2.15. The Morgan fingerprint density at radius 2 is 1.95 bits per heavy atom. The summed E-state index contributed by atoms with van der Waals surface area (Å²) in [5, 5.41) is 9.60. The molecule has 20 heavy (non-hydrogen) atoms. The molecule has 1 aliphatic heterocycles. The molecule has 1 aromatic rings. The second-order valence-electron chi connectivity index (χ2n) is 7.27. The summed E-state index contributed by atoms with van der Waals surface area (Å²) >= 11 is 0. The Bertz CT molecular complexity index is 447. The fourth-order valence-electron chi connectivity index (χ4n) is 3.35. The Labute approximate surface area is 123 Å². The van der Waals surface area contributed by atoms with Crippen molar-refractivity contribution < 1.29 is 5.11 Å². The van der Waals surface area contributed by atoms with Crippen LogP contribution in [-0.4, -0.2) is 18.2 Å². The van der Waals surface area contributed by atoms with Gasteiger partial charge in [-0.05, 0) is 43.6 Å². The molecule has 0 saturated carbocycles. The van der Waals surface area contributed by atoms with Crippen molar-refractivity contribution in [2.75, 3.05) is 18.0 Å². The summed E-state index contributed by atoms with van der Waals surface area (Å²) in [6.07, 6.45) is 3.82. The molecule has 0 aromatic heterocycles. The van der Waals surface area contributed by atoms with Gasteiger partial charge in [0, 0.05) is 24.3 Å². The Morgan fingerprint density at radius 1 is 1.20 bits per heavy atom. The second-order valence-corrected chi connectivity index (χ2v) is 7.27. The van der Waals surface area contributed by atoms with Gasteiger partial charge in [0.05, 0.1) is 6.61 Å². The van der Waals surface area contributed by atoms with Crippen molar-refractivity contribution in [2.45, 2.75) is 53.6 Å². The highest BCUT2D eigenvalue weighted by Crippen LogP contribution is 2.35. The molecule has 0 aliphatic carbocycles. The van der Waals surface area contributed by atoms with Gasteiger partial charge >= 0.3 is 0 Å². The van der Waals surface area contributed by atoms with Crippen molar-refractivity contribution in [3.63, 3.8) is 0 Å². The maximum absolute atomic E-state index is 9.60. The van der Waals surface area contributed by atoms with Gasteiger partial charge in [0.15, 0.2) is 0 Å². The zero-order chi connectivity index (χ0) is 14.8. The Morgan fingerprint density at radius 3 is 2.60 bits per heavy atom. The summed E-state index contributed by atoms with van der Waals surface area (Å²) in [6, 6.07) is 6.44. The largest absolute Gasteiger partial charge is 0.392 e. The summed E-state index contributed by atoms with van der Waals surface area (Å²) in [6.45, 7) is 11.5. The number of nitrogens with zero attached hydrogens (tertiary/aromatic N) is 1. The van der Waals surface area contributed by atoms with Gasteiger partial charge in [-0.15, -0.1) is 0 Å². The highest BCUT2D eigenvalue weighted by Gasteiger charge is 2.27. The number of aryl methyl sites for hydroxylation is 1. The highest BCUT2D eigenvalue weighted by molar-refractivity contribution is 5.54. The molecule has 2 nitrogen and oxygen atoms in total. The topological polar surface area (TPSA) is 23.5 Å². The van der Waals surface area contributed by atoms with E-state index in [1.54, 1.807) is 0 Å². The molecule has 112 valence electrons. The van der Waals surface area contributed by atoms with E-state index in [1.165, 1.54) is 30.5 Å². The predicted octanol–water partition coefficient (Wildman–Crippen LogP) is 4.14. The summed E-state index contributed by atoms with van der Waals surface area (Å²) < 4.78 is 0. The molecule has 0 spiro atoms. The van der Waals surface area contributed by atoms with Gasteiger partial charge in [-0.2, -0.15) is 0 Å². The number of rotatable bonds is 2. The van der Waals surface area contributed by atoms with Crippen molar-refractivity contribution in [3.8, 4) is 0 Å². The maximum atomic E-state index is 9.60. The van der Waals surface area contributed by atoms with Crippen LogP contribution in [0, 0.1) is 18.3 Å². The molecule has 2 heteroatoms. The first-order valence-electron chi connectivity index (χ1n) is 7.87. The number of hydrogen-bond acceptors (Lipinski definition) is 2. The third kappa shape index (κ3) is 3.54. The zero-order valence-electron chi connectivity index (χ0n) is 13.4. The third-order valence-corrected chi connectivity index (χ3v) is 4.70. The van der Waals surface area contributed by atoms with Crippen LogP contribution in [0.4, 0.5) is 5.69 Å². The molecule has 1 saturated heterocycles. The van der Waals surface area contributed by atoms with E-state index in [0.717, 1.165) is 24.6 Å². The van der Waals surface area contributed by atoms with Gasteiger partial charge in [0.2, 0.25) is 0 Å². The van der Waals surface area contributed by atoms with E-state index in [1.807, 2.05) is 0 Å². The Kier molecular flexibility index (Phi) is 4.74. The van der Waals surface area contributed by atoms with Crippen LogP contribution in [0.25, 0.3) is 0 Å². The first-order valence-corrected chi connectivity index (χ1v) is 7.87. The molecule has 1 aromatic carbocycles. The van der Waals surface area contributed by atoms with E-state index < -0.39 is 0 Å². The highest BCUT2D eigenvalue weighted by atomic mass is 16.3. The lowest BCUT2D eigenvalue weighted by Crippen LogP contribution is -2.27. The van der Waals surface area contributed by atoms with E-state index in [2.05, 4.69) is 50.8 Å². The lowest BCUT2D eigenvalue weighted by atomic mass is 9.77. The van der Waals surface area contributed by atoms with Crippen LogP contribution in [0.15, 0.2) is 18.2 Å². The van der Waals surface area contributed by atoms with E-state index in [-0.39, 0.29) is 6.61 Å². The average Bonchev–Trinajstić information content (AvgIpc) is 2.63. The smallest absolute Gasteiger partial charge is 0.0702 e. The third-order valence-electron chi connectivity index (χ3n) is 4.70. The lowest BCUT2D eigenvalue weighted by molar-refractivity contribution is 0.220. The predicted molar refractivity (Wildman–Crippen MR) is 86.1 cm³/mol. The zero-order valence-corrected chi connectivity index (χ0v) is 13.4. The van der Waals surface area contributed by atoms with Crippen molar-refractivity contribution in [3.05, 3.63) is 29.3 Å². The number of anilines is 1. The lowest BCUT2D eigenvalue weighted by Gasteiger charge is -2.30. The van der Waals surface area contributed by atoms with Crippen LogP contribution < -0.4 is 4.90 Å². The minimum absolute atomic E-state index is 0.135. The fraction of sp³-hybridized carbons (Fsp3) is 0.667. The van der Waals surface area contributed by atoms with Crippen LogP contribution in [-0.2, 0) is 6.61 Å². The van der Waals surface area contributed by atoms with Crippen LogP contribution in [0.2, 0.25) is 0 Å². The molecule has 2 rings (SSSR count). The van der Waals surface area contributed by atoms with E-state index in [0.29, 0.717) is 5.41 Å². The fourth-order valence-corrected chi connectivity index (χ4v) is 3.35. The van der Waals surface area contributed by atoms with Crippen molar-refractivity contribution in [1.82, 2.24) is 0 Å². The summed E-state index contributed by atoms with van der Waals surface area (Å²) in [5.74, 6) is 0.801. The molecule has 0 radical (unpaired) electrons. The van der Waals surface area contributed by atoms with Crippen LogP contribution in [0.1, 0.15) is 51.2 Å². The molecule has 1 heterocycles. The Hall–Kier alpha value is -1.02. The molecule has 1 fully saturated rings. The first kappa shape index (κ1) is 15.4. The molecular formula is C18H29NO. The summed E-state index contributed by atoms with van der Waals surface area (Å²) in [7, 11) is 0. The second kappa shape index (κ2) is 6.17. The van der Waals surface area contributed by atoms with E-state index in [4.69, 9.17) is 0 Å². The minimum atomic E-state index is 0.135. The maximum Gasteiger partial charge on any atom is 0.0702 e. The molecule has 0 bridgehead atoms. The van der Waals surface area contributed by atoms with E-state index >= 15 is 0 Å². The van der Waals surface area contributed by atoms with Crippen LogP contribution in [0.3, 0.4) is 0 Å². The molecule has 1 atom stereocenters. The van der Waals surface area contributed by atoms with Crippen LogP contribution in [0.5, 0.6) is 0 Å². The van der Waals surface area contributed by atoms with E-state index in [9.17, 15) is 5.11 Å². The van der Waals surface area contributed by atoms with Crippen LogP contribution >= 0.6 is 0 Å². The molecule has 1 aliphatic rings. The average molecular weight is 275 g/mol.